The van der Waals surface area contributed by atoms with Crippen molar-refractivity contribution in [1.82, 2.24) is 14.7 Å². The predicted octanol–water partition coefficient (Wildman–Crippen LogP) is 2.03. The maximum Gasteiger partial charge on any atom is 0.387 e. The van der Waals surface area contributed by atoms with Gasteiger partial charge in [-0.25, -0.2) is 0 Å². The Morgan fingerprint density at radius 1 is 0.960 bits per heavy atom. The van der Waals surface area contributed by atoms with Crippen molar-refractivity contribution in [3.8, 4) is 5.75 Å². The van der Waals surface area contributed by atoms with Crippen molar-refractivity contribution in [1.29, 1.82) is 0 Å². The van der Waals surface area contributed by atoms with E-state index in [-0.39, 0.29) is 11.7 Å². The Morgan fingerprint density at radius 2 is 1.56 bits per heavy atom. The van der Waals surface area contributed by atoms with Crippen LogP contribution in [0.3, 0.4) is 0 Å². The second kappa shape index (κ2) is 8.58. The number of amides is 1. The third-order valence-corrected chi connectivity index (χ3v) is 4.84. The Labute approximate surface area is 147 Å². The van der Waals surface area contributed by atoms with Crippen molar-refractivity contribution in [3.63, 3.8) is 0 Å². The molecule has 1 amide bonds. The Balaban J connectivity index is 1.40. The van der Waals surface area contributed by atoms with Gasteiger partial charge in [0.2, 0.25) is 5.91 Å². The van der Waals surface area contributed by atoms with Gasteiger partial charge in [-0.2, -0.15) is 8.78 Å². The Kier molecular flexibility index (Phi) is 6.20. The average Bonchev–Trinajstić information content (AvgIpc) is 3.13. The molecule has 138 valence electrons. The van der Waals surface area contributed by atoms with Crippen LogP contribution in [-0.4, -0.2) is 73.0 Å². The highest BCUT2D eigenvalue weighted by Gasteiger charge is 2.23. The number of rotatable bonds is 6. The van der Waals surface area contributed by atoms with Gasteiger partial charge >= 0.3 is 6.61 Å². The molecule has 0 spiro atoms. The van der Waals surface area contributed by atoms with E-state index in [1.54, 1.807) is 12.1 Å². The monoisotopic (exact) mass is 353 g/mol. The highest BCUT2D eigenvalue weighted by Crippen LogP contribution is 2.17. The number of nitrogens with zero attached hydrogens (tertiary/aromatic N) is 3. The first-order valence-corrected chi connectivity index (χ1v) is 8.86. The lowest BCUT2D eigenvalue weighted by atomic mass is 10.2. The van der Waals surface area contributed by atoms with Crippen LogP contribution < -0.4 is 4.74 Å². The Bertz CT molecular complexity index is 554. The molecule has 0 saturated carbocycles. The third kappa shape index (κ3) is 5.37. The van der Waals surface area contributed by atoms with E-state index >= 15 is 0 Å². The largest absolute Gasteiger partial charge is 0.435 e. The molecule has 3 rings (SSSR count). The van der Waals surface area contributed by atoms with E-state index in [1.807, 2.05) is 17.0 Å². The summed E-state index contributed by atoms with van der Waals surface area (Å²) in [5.41, 5.74) is 1.07. The summed E-state index contributed by atoms with van der Waals surface area (Å²) in [6.45, 7) is 3.90. The van der Waals surface area contributed by atoms with Gasteiger partial charge in [0.05, 0.1) is 6.54 Å². The summed E-state index contributed by atoms with van der Waals surface area (Å²) in [4.78, 5) is 18.7. The molecule has 2 fully saturated rings. The molecule has 2 saturated heterocycles. The van der Waals surface area contributed by atoms with E-state index in [2.05, 4.69) is 14.5 Å². The molecular formula is C18H25F2N3O2. The summed E-state index contributed by atoms with van der Waals surface area (Å²) in [5, 5.41) is 0. The molecule has 25 heavy (non-hydrogen) atoms. The van der Waals surface area contributed by atoms with Gasteiger partial charge in [0.1, 0.15) is 5.75 Å². The lowest BCUT2D eigenvalue weighted by molar-refractivity contribution is -0.131. The van der Waals surface area contributed by atoms with Gasteiger partial charge in [-0.1, -0.05) is 12.1 Å². The number of alkyl halides is 2. The zero-order chi connectivity index (χ0) is 17.6. The number of benzene rings is 1. The summed E-state index contributed by atoms with van der Waals surface area (Å²) >= 11 is 0. The van der Waals surface area contributed by atoms with Crippen molar-refractivity contribution in [2.75, 3.05) is 45.8 Å². The number of piperazine rings is 1. The Morgan fingerprint density at radius 3 is 2.16 bits per heavy atom. The van der Waals surface area contributed by atoms with Crippen LogP contribution in [0.5, 0.6) is 5.75 Å². The van der Waals surface area contributed by atoms with Crippen molar-refractivity contribution >= 4 is 5.91 Å². The molecule has 0 N–H and O–H groups in total. The van der Waals surface area contributed by atoms with Gasteiger partial charge in [0.15, 0.2) is 0 Å². The zero-order valence-corrected chi connectivity index (χ0v) is 14.4. The van der Waals surface area contributed by atoms with Crippen LogP contribution in [0.4, 0.5) is 8.78 Å². The fourth-order valence-electron chi connectivity index (χ4n) is 3.40. The highest BCUT2D eigenvalue weighted by atomic mass is 19.3. The zero-order valence-electron chi connectivity index (χ0n) is 14.4. The van der Waals surface area contributed by atoms with Gasteiger partial charge in [0, 0.05) is 45.8 Å². The maximum atomic E-state index is 12.2. The normalized spacial score (nSPS) is 19.6. The molecule has 0 radical (unpaired) electrons. The standard InChI is InChI=1S/C18H25F2N3O2/c19-18(20)25-16-5-3-15(4-6-16)13-21-9-11-22(12-10-21)14-17(24)23-7-1-2-8-23/h3-6,18H,1-2,7-14H2. The van der Waals surface area contributed by atoms with Gasteiger partial charge in [-0.3, -0.25) is 14.6 Å². The first-order chi connectivity index (χ1) is 12.1. The predicted molar refractivity (Wildman–Crippen MR) is 90.6 cm³/mol. The fraction of sp³-hybridized carbons (Fsp3) is 0.611. The molecule has 0 aliphatic carbocycles. The smallest absolute Gasteiger partial charge is 0.387 e. The molecular weight excluding hydrogens is 328 g/mol. The maximum absolute atomic E-state index is 12.2. The first kappa shape index (κ1) is 18.1. The molecule has 0 atom stereocenters. The summed E-state index contributed by atoms with van der Waals surface area (Å²) < 4.78 is 28.7. The molecule has 5 nitrogen and oxygen atoms in total. The molecule has 1 aromatic rings. The quantitative estimate of drug-likeness (QED) is 0.784. The number of carbonyl (C=O) groups is 1. The minimum absolute atomic E-state index is 0.184. The SMILES string of the molecule is O=C(CN1CCN(Cc2ccc(OC(F)F)cc2)CC1)N1CCCC1. The summed E-state index contributed by atoms with van der Waals surface area (Å²) in [7, 11) is 0. The number of carbonyl (C=O) groups excluding carboxylic acids is 1. The van der Waals surface area contributed by atoms with Crippen LogP contribution in [0, 0.1) is 0 Å². The molecule has 2 heterocycles. The van der Waals surface area contributed by atoms with E-state index in [0.717, 1.165) is 64.2 Å². The summed E-state index contributed by atoms with van der Waals surface area (Å²) in [5.74, 6) is 0.435. The van der Waals surface area contributed by atoms with Crippen LogP contribution in [0.25, 0.3) is 0 Å². The van der Waals surface area contributed by atoms with Crippen molar-refractivity contribution in [3.05, 3.63) is 29.8 Å². The topological polar surface area (TPSA) is 36.0 Å². The first-order valence-electron chi connectivity index (χ1n) is 8.86. The third-order valence-electron chi connectivity index (χ3n) is 4.84. The molecule has 0 unspecified atom stereocenters. The number of hydrogen-bond acceptors (Lipinski definition) is 4. The molecule has 2 aliphatic heterocycles. The second-order valence-electron chi connectivity index (χ2n) is 6.66. The lowest BCUT2D eigenvalue weighted by Crippen LogP contribution is -2.49. The van der Waals surface area contributed by atoms with Crippen LogP contribution >= 0.6 is 0 Å². The number of ether oxygens (including phenoxy) is 1. The number of halogens is 2. The second-order valence-corrected chi connectivity index (χ2v) is 6.66. The van der Waals surface area contributed by atoms with Crippen molar-refractivity contribution < 1.29 is 18.3 Å². The van der Waals surface area contributed by atoms with E-state index in [1.165, 1.54) is 0 Å². The van der Waals surface area contributed by atoms with Gasteiger partial charge in [-0.05, 0) is 30.5 Å². The fourth-order valence-corrected chi connectivity index (χ4v) is 3.40. The number of hydrogen-bond donors (Lipinski definition) is 0. The molecule has 0 aromatic heterocycles. The highest BCUT2D eigenvalue weighted by molar-refractivity contribution is 5.78. The van der Waals surface area contributed by atoms with Crippen LogP contribution in [0.1, 0.15) is 18.4 Å². The summed E-state index contributed by atoms with van der Waals surface area (Å²) in [6, 6.07) is 6.79. The van der Waals surface area contributed by atoms with E-state index in [0.29, 0.717) is 6.54 Å². The van der Waals surface area contributed by atoms with Crippen LogP contribution in [0.15, 0.2) is 24.3 Å². The summed E-state index contributed by atoms with van der Waals surface area (Å²) in [6.07, 6.45) is 2.25. The molecule has 2 aliphatic rings. The molecule has 7 heteroatoms. The van der Waals surface area contributed by atoms with Crippen molar-refractivity contribution in [2.24, 2.45) is 0 Å². The van der Waals surface area contributed by atoms with E-state index < -0.39 is 6.61 Å². The minimum atomic E-state index is -2.79. The number of likely N-dealkylation sites (tertiary alicyclic amines) is 1. The minimum Gasteiger partial charge on any atom is -0.435 e. The molecule has 0 bridgehead atoms. The van der Waals surface area contributed by atoms with Crippen LogP contribution in [0.2, 0.25) is 0 Å². The Hall–Kier alpha value is -1.73. The van der Waals surface area contributed by atoms with Crippen LogP contribution in [-0.2, 0) is 11.3 Å². The van der Waals surface area contributed by atoms with E-state index in [4.69, 9.17) is 0 Å². The van der Waals surface area contributed by atoms with E-state index in [9.17, 15) is 13.6 Å². The van der Waals surface area contributed by atoms with Crippen molar-refractivity contribution in [2.45, 2.75) is 26.0 Å². The average molecular weight is 353 g/mol. The van der Waals surface area contributed by atoms with Gasteiger partial charge < -0.3 is 9.64 Å². The molecule has 1 aromatic carbocycles. The van der Waals surface area contributed by atoms with Gasteiger partial charge in [0.25, 0.3) is 0 Å². The lowest BCUT2D eigenvalue weighted by Gasteiger charge is -2.35. The van der Waals surface area contributed by atoms with Gasteiger partial charge in [-0.15, -0.1) is 0 Å².